The van der Waals surface area contributed by atoms with Crippen LogP contribution < -0.4 is 20.4 Å². The van der Waals surface area contributed by atoms with E-state index in [1.165, 1.54) is 6.07 Å². The zero-order valence-corrected chi connectivity index (χ0v) is 19.8. The topological polar surface area (TPSA) is 81.0 Å². The smallest absolute Gasteiger partial charge is 0.338 e. The first-order valence-corrected chi connectivity index (χ1v) is 11.4. The van der Waals surface area contributed by atoms with Crippen molar-refractivity contribution in [2.45, 2.75) is 13.0 Å². The Morgan fingerprint density at radius 2 is 1.60 bits per heavy atom. The van der Waals surface area contributed by atoms with Crippen LogP contribution in [0.2, 0.25) is 0 Å². The highest BCUT2D eigenvalue weighted by Crippen LogP contribution is 2.24. The quantitative estimate of drug-likeness (QED) is 0.260. The summed E-state index contributed by atoms with van der Waals surface area (Å²) >= 11 is 0. The normalized spacial score (nSPS) is 10.7. The number of nitrogens with one attached hydrogen (secondary N) is 1. The van der Waals surface area contributed by atoms with Crippen molar-refractivity contribution in [2.75, 3.05) is 32.6 Å². The molecule has 1 amide bonds. The zero-order valence-electron chi connectivity index (χ0n) is 19.8. The summed E-state index contributed by atoms with van der Waals surface area (Å²) in [6, 6.07) is 23.9. The Kier molecular flexibility index (Phi) is 7.67. The van der Waals surface area contributed by atoms with Crippen LogP contribution in [0.1, 0.15) is 22.3 Å². The number of methoxy groups -OCH3 is 2. The van der Waals surface area contributed by atoms with E-state index < -0.39 is 5.63 Å². The van der Waals surface area contributed by atoms with Gasteiger partial charge in [0, 0.05) is 42.7 Å². The molecule has 0 aliphatic heterocycles. The summed E-state index contributed by atoms with van der Waals surface area (Å²) in [5, 5.41) is 4.17. The molecule has 0 bridgehead atoms. The predicted molar refractivity (Wildman–Crippen MR) is 136 cm³/mol. The van der Waals surface area contributed by atoms with E-state index in [2.05, 4.69) is 5.32 Å². The van der Waals surface area contributed by atoms with Gasteiger partial charge in [0.1, 0.15) is 17.1 Å². The third-order valence-corrected chi connectivity index (χ3v) is 5.67. The van der Waals surface area contributed by atoms with Crippen molar-refractivity contribution in [3.05, 3.63) is 100 Å². The number of hydrogen-bond donors (Lipinski definition) is 1. The molecule has 1 aromatic heterocycles. The molecule has 0 radical (unpaired) electrons. The fraction of sp³-hybridized carbons (Fsp3) is 0.214. The van der Waals surface area contributed by atoms with E-state index in [-0.39, 0.29) is 5.91 Å². The lowest BCUT2D eigenvalue weighted by Gasteiger charge is -2.24. The Morgan fingerprint density at radius 1 is 0.914 bits per heavy atom. The molecule has 35 heavy (non-hydrogen) atoms. The van der Waals surface area contributed by atoms with Gasteiger partial charge < -0.3 is 24.1 Å². The molecule has 3 aromatic carbocycles. The van der Waals surface area contributed by atoms with Crippen LogP contribution >= 0.6 is 0 Å². The van der Waals surface area contributed by atoms with Gasteiger partial charge in [-0.3, -0.25) is 4.79 Å². The minimum absolute atomic E-state index is 0.114. The molecule has 0 saturated carbocycles. The first-order chi connectivity index (χ1) is 17.1. The Labute approximate surface area is 203 Å². The lowest BCUT2D eigenvalue weighted by molar-refractivity contribution is 0.0742. The molecule has 4 aromatic rings. The number of benzene rings is 3. The number of ether oxygens (including phenoxy) is 2. The number of para-hydroxylation sites is 1. The summed E-state index contributed by atoms with van der Waals surface area (Å²) in [5.41, 5.74) is 2.39. The van der Waals surface area contributed by atoms with Crippen LogP contribution in [0.25, 0.3) is 11.0 Å². The lowest BCUT2D eigenvalue weighted by Crippen LogP contribution is -2.32. The molecule has 180 valence electrons. The summed E-state index contributed by atoms with van der Waals surface area (Å²) in [6.45, 7) is 1.56. The highest BCUT2D eigenvalue weighted by molar-refractivity contribution is 5.95. The van der Waals surface area contributed by atoms with Crippen molar-refractivity contribution in [3.8, 4) is 11.5 Å². The van der Waals surface area contributed by atoms with Crippen molar-refractivity contribution < 1.29 is 18.7 Å². The Balaban J connectivity index is 1.50. The lowest BCUT2D eigenvalue weighted by atomic mass is 10.1. The molecule has 0 spiro atoms. The van der Waals surface area contributed by atoms with Gasteiger partial charge in [-0.15, -0.1) is 0 Å². The largest absolute Gasteiger partial charge is 0.497 e. The molecule has 0 unspecified atom stereocenters. The van der Waals surface area contributed by atoms with Crippen molar-refractivity contribution in [1.29, 1.82) is 0 Å². The zero-order chi connectivity index (χ0) is 24.6. The molecular formula is C28H28N2O5. The standard InChI is InChI=1S/C28H28N2O5/c1-33-22-15-21(16-23(17-22)34-2)28(32)30(19-20-9-4-3-5-10-20)14-8-13-29-25-18-27(31)35-26-12-7-6-11-24(25)26/h3-7,9-12,15-18,29H,8,13-14,19H2,1-2H3. The first-order valence-electron chi connectivity index (χ1n) is 11.4. The maximum absolute atomic E-state index is 13.5. The number of anilines is 1. The number of hydrogen-bond acceptors (Lipinski definition) is 6. The molecule has 1 N–H and O–H groups in total. The Morgan fingerprint density at radius 3 is 2.31 bits per heavy atom. The molecule has 4 rings (SSSR count). The summed E-state index contributed by atoms with van der Waals surface area (Å²) in [7, 11) is 3.12. The van der Waals surface area contributed by atoms with E-state index in [0.29, 0.717) is 48.7 Å². The molecule has 0 saturated heterocycles. The van der Waals surface area contributed by atoms with E-state index in [1.54, 1.807) is 38.5 Å². The van der Waals surface area contributed by atoms with Crippen LogP contribution in [0.5, 0.6) is 11.5 Å². The third-order valence-electron chi connectivity index (χ3n) is 5.67. The van der Waals surface area contributed by atoms with Crippen LogP contribution in [0.3, 0.4) is 0 Å². The number of rotatable bonds is 10. The number of amides is 1. The highest BCUT2D eigenvalue weighted by atomic mass is 16.5. The molecule has 0 aliphatic carbocycles. The average Bonchev–Trinajstić information content (AvgIpc) is 2.90. The second-order valence-electron chi connectivity index (χ2n) is 8.07. The second-order valence-corrected chi connectivity index (χ2v) is 8.07. The minimum atomic E-state index is -0.404. The van der Waals surface area contributed by atoms with Crippen LogP contribution in [0, 0.1) is 0 Å². The van der Waals surface area contributed by atoms with Gasteiger partial charge in [-0.25, -0.2) is 4.79 Å². The molecule has 0 aliphatic rings. The molecular weight excluding hydrogens is 444 g/mol. The van der Waals surface area contributed by atoms with Crippen molar-refractivity contribution >= 4 is 22.6 Å². The molecule has 1 heterocycles. The van der Waals surface area contributed by atoms with E-state index in [0.717, 1.165) is 16.6 Å². The van der Waals surface area contributed by atoms with Gasteiger partial charge in [0.25, 0.3) is 5.91 Å². The number of carbonyl (C=O) groups is 1. The summed E-state index contributed by atoms with van der Waals surface area (Å²) < 4.78 is 16.0. The van der Waals surface area contributed by atoms with Gasteiger partial charge in [-0.2, -0.15) is 0 Å². The first kappa shape index (κ1) is 23.9. The average molecular weight is 473 g/mol. The summed E-state index contributed by atoms with van der Waals surface area (Å²) in [5.74, 6) is 1.00. The summed E-state index contributed by atoms with van der Waals surface area (Å²) in [4.78, 5) is 27.2. The van der Waals surface area contributed by atoms with Crippen LogP contribution in [0.4, 0.5) is 5.69 Å². The fourth-order valence-electron chi connectivity index (χ4n) is 3.92. The SMILES string of the molecule is COc1cc(OC)cc(C(=O)N(CCCNc2cc(=O)oc3ccccc23)Cc2ccccc2)c1. The third kappa shape index (κ3) is 6.00. The molecule has 0 atom stereocenters. The van der Waals surface area contributed by atoms with Gasteiger partial charge in [-0.1, -0.05) is 42.5 Å². The van der Waals surface area contributed by atoms with Gasteiger partial charge in [-0.05, 0) is 36.2 Å². The predicted octanol–water partition coefficient (Wildman–Crippen LogP) is 4.95. The van der Waals surface area contributed by atoms with Gasteiger partial charge in [0.2, 0.25) is 0 Å². The molecule has 0 fully saturated rings. The fourth-order valence-corrected chi connectivity index (χ4v) is 3.92. The van der Waals surface area contributed by atoms with E-state index in [9.17, 15) is 9.59 Å². The van der Waals surface area contributed by atoms with E-state index >= 15 is 0 Å². The maximum atomic E-state index is 13.5. The van der Waals surface area contributed by atoms with Gasteiger partial charge in [0.15, 0.2) is 0 Å². The van der Waals surface area contributed by atoms with Crippen LogP contribution in [-0.2, 0) is 6.54 Å². The Hall–Kier alpha value is -4.26. The van der Waals surface area contributed by atoms with Crippen LogP contribution in [0.15, 0.2) is 88.1 Å². The van der Waals surface area contributed by atoms with Crippen molar-refractivity contribution in [3.63, 3.8) is 0 Å². The second kappa shape index (κ2) is 11.2. The van der Waals surface area contributed by atoms with Crippen molar-refractivity contribution in [2.24, 2.45) is 0 Å². The van der Waals surface area contributed by atoms with Gasteiger partial charge >= 0.3 is 5.63 Å². The minimum Gasteiger partial charge on any atom is -0.497 e. The highest BCUT2D eigenvalue weighted by Gasteiger charge is 2.18. The number of nitrogens with zero attached hydrogens (tertiary/aromatic N) is 1. The van der Waals surface area contributed by atoms with Crippen LogP contribution in [-0.4, -0.2) is 38.1 Å². The Bertz CT molecular complexity index is 1330. The molecule has 7 heteroatoms. The summed E-state index contributed by atoms with van der Waals surface area (Å²) in [6.07, 6.45) is 0.675. The maximum Gasteiger partial charge on any atom is 0.338 e. The van der Waals surface area contributed by atoms with Crippen molar-refractivity contribution in [1.82, 2.24) is 4.90 Å². The number of fused-ring (bicyclic) bond motifs is 1. The number of carbonyl (C=O) groups excluding carboxylic acids is 1. The molecule has 7 nitrogen and oxygen atoms in total. The van der Waals surface area contributed by atoms with E-state index in [4.69, 9.17) is 13.9 Å². The van der Waals surface area contributed by atoms with Gasteiger partial charge in [0.05, 0.1) is 19.9 Å². The monoisotopic (exact) mass is 472 g/mol. The van der Waals surface area contributed by atoms with E-state index in [1.807, 2.05) is 53.4 Å².